The van der Waals surface area contributed by atoms with Crippen LogP contribution in [0.3, 0.4) is 0 Å². The lowest BCUT2D eigenvalue weighted by molar-refractivity contribution is 0.0517. The molecule has 1 amide bonds. The molecular weight excluding hydrogens is 310 g/mol. The molecule has 3 nitrogen and oxygen atoms in total. The minimum absolute atomic E-state index is 0.0546. The molecule has 1 unspecified atom stereocenters. The normalized spacial score (nSPS) is 15.4. The lowest BCUT2D eigenvalue weighted by atomic mass is 9.91. The first-order valence-corrected chi connectivity index (χ1v) is 8.50. The maximum absolute atomic E-state index is 13.3. The van der Waals surface area contributed by atoms with Gasteiger partial charge in [-0.15, -0.1) is 0 Å². The Morgan fingerprint density at radius 1 is 0.880 bits per heavy atom. The second-order valence-electron chi connectivity index (χ2n) is 5.95. The number of hydrogen-bond donors (Lipinski definition) is 0. The van der Waals surface area contributed by atoms with Gasteiger partial charge in [-0.05, 0) is 30.7 Å². The molecule has 4 rings (SSSR count). The molecule has 1 aliphatic rings. The number of anilines is 1. The summed E-state index contributed by atoms with van der Waals surface area (Å²) in [6.45, 7) is 2.48. The molecular formula is C22H19NO2. The molecule has 0 aliphatic carbocycles. The molecule has 3 heteroatoms. The molecule has 0 N–H and O–H groups in total. The molecule has 1 aliphatic heterocycles. The van der Waals surface area contributed by atoms with Crippen LogP contribution in [0.25, 0.3) is 11.1 Å². The van der Waals surface area contributed by atoms with Crippen LogP contribution in [0.15, 0.2) is 78.9 Å². The lowest BCUT2D eigenvalue weighted by Gasteiger charge is -2.38. The van der Waals surface area contributed by atoms with Crippen LogP contribution in [0.4, 0.5) is 5.69 Å². The molecule has 0 fully saturated rings. The molecule has 3 aromatic rings. The van der Waals surface area contributed by atoms with Gasteiger partial charge < -0.3 is 4.74 Å². The average molecular weight is 329 g/mol. The first-order chi connectivity index (χ1) is 12.3. The summed E-state index contributed by atoms with van der Waals surface area (Å²) < 4.78 is 6.03. The summed E-state index contributed by atoms with van der Waals surface area (Å²) in [5.74, 6) is -0.0546. The standard InChI is InChI=1S/C22H19NO2/c1-2-25-22-19-14-7-6-12-17(19)18-13-8-9-15-20(18)23(22)21(24)16-10-4-3-5-11-16/h3-15,22H,2H2,1H3. The molecule has 1 heterocycles. The fourth-order valence-electron chi connectivity index (χ4n) is 3.39. The van der Waals surface area contributed by atoms with E-state index in [1.807, 2.05) is 73.7 Å². The summed E-state index contributed by atoms with van der Waals surface area (Å²) in [5, 5.41) is 0. The van der Waals surface area contributed by atoms with Crippen molar-refractivity contribution < 1.29 is 9.53 Å². The van der Waals surface area contributed by atoms with Gasteiger partial charge in [0.15, 0.2) is 6.23 Å². The Kier molecular flexibility index (Phi) is 4.08. The summed E-state index contributed by atoms with van der Waals surface area (Å²) in [7, 11) is 0. The number of carbonyl (C=O) groups is 1. The van der Waals surface area contributed by atoms with Gasteiger partial charge in [0.1, 0.15) is 0 Å². The number of rotatable bonds is 3. The van der Waals surface area contributed by atoms with E-state index >= 15 is 0 Å². The largest absolute Gasteiger partial charge is 0.354 e. The van der Waals surface area contributed by atoms with Crippen LogP contribution in [0, 0.1) is 0 Å². The van der Waals surface area contributed by atoms with Crippen molar-refractivity contribution in [3.8, 4) is 11.1 Å². The van der Waals surface area contributed by atoms with Gasteiger partial charge in [0.05, 0.1) is 5.69 Å². The smallest absolute Gasteiger partial charge is 0.260 e. The summed E-state index contributed by atoms with van der Waals surface area (Å²) >= 11 is 0. The quantitative estimate of drug-likeness (QED) is 0.673. The van der Waals surface area contributed by atoms with Crippen molar-refractivity contribution in [1.29, 1.82) is 0 Å². The van der Waals surface area contributed by atoms with Gasteiger partial charge in [0.25, 0.3) is 5.91 Å². The number of fused-ring (bicyclic) bond motifs is 3. The second kappa shape index (κ2) is 6.54. The van der Waals surface area contributed by atoms with Crippen molar-refractivity contribution in [3.05, 3.63) is 90.0 Å². The average Bonchev–Trinajstić information content (AvgIpc) is 2.68. The molecule has 25 heavy (non-hydrogen) atoms. The molecule has 0 aromatic heterocycles. The number of nitrogens with zero attached hydrogens (tertiary/aromatic N) is 1. The molecule has 124 valence electrons. The van der Waals surface area contributed by atoms with Crippen LogP contribution < -0.4 is 4.90 Å². The van der Waals surface area contributed by atoms with Gasteiger partial charge >= 0.3 is 0 Å². The van der Waals surface area contributed by atoms with Crippen molar-refractivity contribution in [2.45, 2.75) is 13.2 Å². The zero-order valence-electron chi connectivity index (χ0n) is 14.1. The number of carbonyl (C=O) groups excluding carboxylic acids is 1. The van der Waals surface area contributed by atoms with Gasteiger partial charge in [0, 0.05) is 23.3 Å². The Balaban J connectivity index is 1.91. The summed E-state index contributed by atoms with van der Waals surface area (Å²) in [4.78, 5) is 15.1. The van der Waals surface area contributed by atoms with E-state index in [2.05, 4.69) is 12.1 Å². The Bertz CT molecular complexity index is 905. The van der Waals surface area contributed by atoms with Crippen LogP contribution >= 0.6 is 0 Å². The second-order valence-corrected chi connectivity index (χ2v) is 5.95. The number of ether oxygens (including phenoxy) is 1. The Labute approximate surface area is 147 Å². The number of hydrogen-bond acceptors (Lipinski definition) is 2. The highest BCUT2D eigenvalue weighted by Crippen LogP contribution is 2.45. The van der Waals surface area contributed by atoms with E-state index in [4.69, 9.17) is 4.74 Å². The molecule has 0 spiro atoms. The van der Waals surface area contributed by atoms with Crippen molar-refractivity contribution in [2.24, 2.45) is 0 Å². The number of para-hydroxylation sites is 1. The predicted octanol–water partition coefficient (Wildman–Crippen LogP) is 5.05. The first kappa shape index (κ1) is 15.6. The highest BCUT2D eigenvalue weighted by Gasteiger charge is 2.35. The third-order valence-electron chi connectivity index (χ3n) is 4.48. The molecule has 1 atom stereocenters. The zero-order chi connectivity index (χ0) is 17.2. The van der Waals surface area contributed by atoms with Gasteiger partial charge in [-0.25, -0.2) is 0 Å². The van der Waals surface area contributed by atoms with Crippen molar-refractivity contribution in [2.75, 3.05) is 11.5 Å². The highest BCUT2D eigenvalue weighted by atomic mass is 16.5. The van der Waals surface area contributed by atoms with E-state index in [0.29, 0.717) is 12.2 Å². The summed E-state index contributed by atoms with van der Waals surface area (Å²) in [6, 6.07) is 25.5. The van der Waals surface area contributed by atoms with Crippen molar-refractivity contribution in [3.63, 3.8) is 0 Å². The fourth-order valence-corrected chi connectivity index (χ4v) is 3.39. The number of amides is 1. The van der Waals surface area contributed by atoms with Crippen LogP contribution in [-0.2, 0) is 4.74 Å². The maximum atomic E-state index is 13.3. The van der Waals surface area contributed by atoms with E-state index in [1.54, 1.807) is 4.90 Å². The van der Waals surface area contributed by atoms with Gasteiger partial charge in [0.2, 0.25) is 0 Å². The zero-order valence-corrected chi connectivity index (χ0v) is 14.1. The highest BCUT2D eigenvalue weighted by molar-refractivity contribution is 6.09. The van der Waals surface area contributed by atoms with Gasteiger partial charge in [-0.3, -0.25) is 9.69 Å². The summed E-state index contributed by atoms with van der Waals surface area (Å²) in [5.41, 5.74) is 4.73. The molecule has 0 saturated carbocycles. The van der Waals surface area contributed by atoms with E-state index < -0.39 is 6.23 Å². The van der Waals surface area contributed by atoms with Crippen molar-refractivity contribution in [1.82, 2.24) is 0 Å². The molecule has 0 saturated heterocycles. The van der Waals surface area contributed by atoms with Crippen LogP contribution in [0.1, 0.15) is 29.1 Å². The molecule has 0 radical (unpaired) electrons. The third kappa shape index (κ3) is 2.63. The number of benzene rings is 3. The Morgan fingerprint density at radius 3 is 2.28 bits per heavy atom. The van der Waals surface area contributed by atoms with Crippen LogP contribution in [-0.4, -0.2) is 12.5 Å². The minimum atomic E-state index is -0.427. The van der Waals surface area contributed by atoms with E-state index in [-0.39, 0.29) is 5.91 Å². The molecule has 0 bridgehead atoms. The lowest BCUT2D eigenvalue weighted by Crippen LogP contribution is -2.39. The monoisotopic (exact) mass is 329 g/mol. The Hall–Kier alpha value is -2.91. The van der Waals surface area contributed by atoms with Crippen LogP contribution in [0.5, 0.6) is 0 Å². The summed E-state index contributed by atoms with van der Waals surface area (Å²) in [6.07, 6.45) is -0.427. The third-order valence-corrected chi connectivity index (χ3v) is 4.48. The SMILES string of the molecule is CCOC1c2ccccc2-c2ccccc2N1C(=O)c1ccccc1. The first-order valence-electron chi connectivity index (χ1n) is 8.50. The van der Waals surface area contributed by atoms with E-state index in [0.717, 1.165) is 22.4 Å². The van der Waals surface area contributed by atoms with Gasteiger partial charge in [-0.1, -0.05) is 60.7 Å². The molecule has 3 aromatic carbocycles. The van der Waals surface area contributed by atoms with E-state index in [9.17, 15) is 4.79 Å². The topological polar surface area (TPSA) is 29.5 Å². The van der Waals surface area contributed by atoms with Crippen LogP contribution in [0.2, 0.25) is 0 Å². The fraction of sp³-hybridized carbons (Fsp3) is 0.136. The minimum Gasteiger partial charge on any atom is -0.354 e. The van der Waals surface area contributed by atoms with E-state index in [1.165, 1.54) is 0 Å². The van der Waals surface area contributed by atoms with Crippen molar-refractivity contribution >= 4 is 11.6 Å². The maximum Gasteiger partial charge on any atom is 0.260 e. The van der Waals surface area contributed by atoms with Gasteiger partial charge in [-0.2, -0.15) is 0 Å². The Morgan fingerprint density at radius 2 is 1.52 bits per heavy atom. The predicted molar refractivity (Wildman–Crippen MR) is 99.5 cm³/mol.